The molecular weight excluding hydrogens is 168 g/mol. The first-order valence-electron chi connectivity index (χ1n) is 2.56. The lowest BCUT2D eigenvalue weighted by atomic mass is 10.8. The Morgan fingerprint density at radius 1 is 0.667 bits per heavy atom. The van der Waals surface area contributed by atoms with Gasteiger partial charge < -0.3 is 0 Å². The number of hydrogen-bond donors (Lipinski definition) is 0. The van der Waals surface area contributed by atoms with Crippen LogP contribution in [0.1, 0.15) is 0 Å². The average Bonchev–Trinajstić information content (AvgIpc) is 2.16. The van der Waals surface area contributed by atoms with Crippen molar-refractivity contribution in [2.24, 2.45) is 15.5 Å². The molecular formula is C3N6O3. The molecule has 1 rings (SSSR count). The third-order valence-electron chi connectivity index (χ3n) is 0.845. The van der Waals surface area contributed by atoms with Crippen LogP contribution in [0.3, 0.4) is 0 Å². The Kier molecular flexibility index (Phi) is 2.16. The van der Waals surface area contributed by atoms with E-state index in [-0.39, 0.29) is 0 Å². The molecule has 0 N–H and O–H groups in total. The zero-order valence-corrected chi connectivity index (χ0v) is 5.41. The zero-order chi connectivity index (χ0) is 8.97. The fourth-order valence-corrected chi connectivity index (χ4v) is 0.466. The van der Waals surface area contributed by atoms with Crippen LogP contribution >= 0.6 is 0 Å². The molecule has 60 valence electrons. The van der Waals surface area contributed by atoms with Crippen LogP contribution in [0, 0.1) is 14.7 Å². The fraction of sp³-hybridized carbons (Fsp3) is 0. The largest absolute Gasteiger partial charge is 0.297 e. The lowest BCUT2D eigenvalue weighted by Gasteiger charge is -1.88. The lowest BCUT2D eigenvalue weighted by molar-refractivity contribution is 1.01. The molecule has 0 radical (unpaired) electrons. The Morgan fingerprint density at radius 3 is 1.08 bits per heavy atom. The topological polar surface area (TPSA) is 127 Å². The van der Waals surface area contributed by atoms with Gasteiger partial charge in [0.05, 0.1) is 0 Å². The highest BCUT2D eigenvalue weighted by Crippen LogP contribution is 2.14. The molecule has 0 unspecified atom stereocenters. The van der Waals surface area contributed by atoms with Crippen molar-refractivity contribution in [3.63, 3.8) is 0 Å². The molecule has 1 aromatic heterocycles. The summed E-state index contributed by atoms with van der Waals surface area (Å²) in [4.78, 5) is 39.0. The van der Waals surface area contributed by atoms with Crippen LogP contribution < -0.4 is 0 Å². The van der Waals surface area contributed by atoms with Crippen molar-refractivity contribution in [1.82, 2.24) is 15.0 Å². The van der Waals surface area contributed by atoms with Crippen LogP contribution in [-0.4, -0.2) is 15.0 Å². The highest BCUT2D eigenvalue weighted by Gasteiger charge is 2.06. The quantitative estimate of drug-likeness (QED) is 0.620. The van der Waals surface area contributed by atoms with Crippen molar-refractivity contribution in [3.8, 4) is 0 Å². The van der Waals surface area contributed by atoms with E-state index < -0.39 is 17.8 Å². The predicted molar refractivity (Wildman–Crippen MR) is 36.2 cm³/mol. The van der Waals surface area contributed by atoms with Gasteiger partial charge in [-0.1, -0.05) is 0 Å². The van der Waals surface area contributed by atoms with Crippen LogP contribution in [0.4, 0.5) is 17.8 Å². The van der Waals surface area contributed by atoms with Crippen molar-refractivity contribution in [3.05, 3.63) is 14.7 Å². The van der Waals surface area contributed by atoms with Gasteiger partial charge in [0.1, 0.15) is 0 Å². The van der Waals surface area contributed by atoms with Crippen LogP contribution in [-0.2, 0) is 0 Å². The Bertz CT molecular complexity index is 272. The second kappa shape index (κ2) is 3.27. The molecule has 0 fully saturated rings. The third-order valence-corrected chi connectivity index (χ3v) is 0.845. The summed E-state index contributed by atoms with van der Waals surface area (Å²) in [6.07, 6.45) is 0. The molecule has 1 heterocycles. The first kappa shape index (κ1) is 7.91. The third kappa shape index (κ3) is 1.45. The highest BCUT2D eigenvalue weighted by molar-refractivity contribution is 5.31. The molecule has 0 aromatic carbocycles. The molecule has 0 atom stereocenters. The maximum absolute atomic E-state index is 9.85. The number of nitroso groups, excluding NO2 is 3. The first-order chi connectivity index (χ1) is 5.80. The molecule has 0 saturated heterocycles. The molecule has 12 heavy (non-hydrogen) atoms. The predicted octanol–water partition coefficient (Wildman–Crippen LogP) is 1.07. The Hall–Kier alpha value is -2.19. The minimum atomic E-state index is -0.603. The number of aromatic nitrogens is 3. The van der Waals surface area contributed by atoms with Gasteiger partial charge in [-0.05, 0) is 0 Å². The number of hydrogen-bond acceptors (Lipinski definition) is 9. The molecule has 0 aliphatic heterocycles. The van der Waals surface area contributed by atoms with Crippen molar-refractivity contribution >= 4 is 17.8 Å². The summed E-state index contributed by atoms with van der Waals surface area (Å²) < 4.78 is 0. The summed E-state index contributed by atoms with van der Waals surface area (Å²) in [5, 5.41) is 6.83. The van der Waals surface area contributed by atoms with Gasteiger partial charge in [0, 0.05) is 15.5 Å². The number of nitrogens with zero attached hydrogens (tertiary/aromatic N) is 6. The van der Waals surface area contributed by atoms with Gasteiger partial charge in [0.15, 0.2) is 0 Å². The van der Waals surface area contributed by atoms with E-state index in [1.807, 2.05) is 0 Å². The molecule has 1 aromatic rings. The summed E-state index contributed by atoms with van der Waals surface area (Å²) in [5.74, 6) is -1.81. The molecule has 9 nitrogen and oxygen atoms in total. The highest BCUT2D eigenvalue weighted by atomic mass is 16.3. The van der Waals surface area contributed by atoms with Gasteiger partial charge in [-0.25, -0.2) is 0 Å². The van der Waals surface area contributed by atoms with Crippen molar-refractivity contribution in [1.29, 1.82) is 0 Å². The summed E-state index contributed by atoms with van der Waals surface area (Å²) >= 11 is 0. The maximum Gasteiger partial charge on any atom is 0.297 e. The molecule has 0 amide bonds. The van der Waals surface area contributed by atoms with E-state index in [0.717, 1.165) is 0 Å². The Balaban J connectivity index is 3.26. The van der Waals surface area contributed by atoms with Crippen LogP contribution in [0.15, 0.2) is 15.5 Å². The summed E-state index contributed by atoms with van der Waals surface area (Å²) in [6.45, 7) is 0. The van der Waals surface area contributed by atoms with Crippen LogP contribution in [0.25, 0.3) is 0 Å². The molecule has 0 aliphatic rings. The van der Waals surface area contributed by atoms with Gasteiger partial charge >= 0.3 is 0 Å². The SMILES string of the molecule is O=Nc1nc(N=O)nc(N=O)n1. The monoisotopic (exact) mass is 168 g/mol. The van der Waals surface area contributed by atoms with Gasteiger partial charge in [0.2, 0.25) is 0 Å². The normalized spacial score (nSPS) is 9.00. The van der Waals surface area contributed by atoms with E-state index in [9.17, 15) is 14.7 Å². The van der Waals surface area contributed by atoms with E-state index in [2.05, 4.69) is 30.5 Å². The van der Waals surface area contributed by atoms with Gasteiger partial charge in [-0.15, -0.1) is 14.7 Å². The second-order valence-electron chi connectivity index (χ2n) is 1.51. The Labute approximate surface area is 64.2 Å². The van der Waals surface area contributed by atoms with Gasteiger partial charge in [0.25, 0.3) is 17.8 Å². The number of rotatable bonds is 3. The van der Waals surface area contributed by atoms with E-state index >= 15 is 0 Å². The van der Waals surface area contributed by atoms with Crippen LogP contribution in [0.2, 0.25) is 0 Å². The standard InChI is InChI=1S/C3N6O3/c10-7-1-4-2(8-11)6-3(5-1)9-12. The maximum atomic E-state index is 9.85. The van der Waals surface area contributed by atoms with E-state index in [4.69, 9.17) is 0 Å². The van der Waals surface area contributed by atoms with Crippen molar-refractivity contribution in [2.45, 2.75) is 0 Å². The minimum Gasteiger partial charge on any atom is -0.167 e. The lowest BCUT2D eigenvalue weighted by Crippen LogP contribution is -1.85. The second-order valence-corrected chi connectivity index (χ2v) is 1.51. The zero-order valence-electron chi connectivity index (χ0n) is 5.41. The van der Waals surface area contributed by atoms with E-state index in [1.165, 1.54) is 0 Å². The summed E-state index contributed by atoms with van der Waals surface area (Å²) in [5.41, 5.74) is 0. The van der Waals surface area contributed by atoms with E-state index in [1.54, 1.807) is 0 Å². The molecule has 0 spiro atoms. The molecule has 0 saturated carbocycles. The van der Waals surface area contributed by atoms with Gasteiger partial charge in [-0.2, -0.15) is 15.0 Å². The van der Waals surface area contributed by atoms with Crippen molar-refractivity contribution < 1.29 is 0 Å². The molecule has 0 aliphatic carbocycles. The smallest absolute Gasteiger partial charge is 0.167 e. The van der Waals surface area contributed by atoms with E-state index in [0.29, 0.717) is 0 Å². The van der Waals surface area contributed by atoms with Gasteiger partial charge in [-0.3, -0.25) is 0 Å². The summed E-state index contributed by atoms with van der Waals surface area (Å²) in [6, 6.07) is 0. The van der Waals surface area contributed by atoms with Crippen LogP contribution in [0.5, 0.6) is 0 Å². The molecule has 9 heteroatoms. The first-order valence-corrected chi connectivity index (χ1v) is 2.56. The molecule has 0 bridgehead atoms. The van der Waals surface area contributed by atoms with Crippen molar-refractivity contribution in [2.75, 3.05) is 0 Å². The fourth-order valence-electron chi connectivity index (χ4n) is 0.466. The average molecular weight is 168 g/mol. The minimum absolute atomic E-state index is 0.603. The Morgan fingerprint density at radius 2 is 0.917 bits per heavy atom. The summed E-state index contributed by atoms with van der Waals surface area (Å²) in [7, 11) is 0.